The Bertz CT molecular complexity index is 141. The van der Waals surface area contributed by atoms with Crippen LogP contribution in [0.2, 0.25) is 0 Å². The smallest absolute Gasteiger partial charge is 0.157 e. The zero-order valence-electron chi connectivity index (χ0n) is 8.69. The molecule has 1 aliphatic rings. The van der Waals surface area contributed by atoms with Crippen LogP contribution in [0.15, 0.2) is 0 Å². The van der Waals surface area contributed by atoms with Crippen LogP contribution in [-0.4, -0.2) is 30.7 Å². The van der Waals surface area contributed by atoms with Crippen molar-refractivity contribution in [1.82, 2.24) is 0 Å². The molecule has 3 nitrogen and oxygen atoms in total. The van der Waals surface area contributed by atoms with Gasteiger partial charge in [0.05, 0.1) is 12.7 Å². The number of aliphatic hydroxyl groups excluding tert-OH is 1. The fourth-order valence-corrected chi connectivity index (χ4v) is 1.27. The van der Waals surface area contributed by atoms with Gasteiger partial charge in [0, 0.05) is 12.5 Å². The maximum atomic E-state index is 9.67. The minimum absolute atomic E-state index is 0.0937. The Labute approximate surface area is 80.0 Å². The summed E-state index contributed by atoms with van der Waals surface area (Å²) in [6.45, 7) is 7.56. The summed E-state index contributed by atoms with van der Waals surface area (Å²) in [5.41, 5.74) is 0. The van der Waals surface area contributed by atoms with E-state index in [9.17, 15) is 5.11 Å². The van der Waals surface area contributed by atoms with Crippen LogP contribution in [0, 0.1) is 11.8 Å². The molecule has 0 aromatic carbocycles. The van der Waals surface area contributed by atoms with Crippen molar-refractivity contribution in [3.63, 3.8) is 0 Å². The van der Waals surface area contributed by atoms with Gasteiger partial charge in [0.2, 0.25) is 0 Å². The fourth-order valence-electron chi connectivity index (χ4n) is 1.27. The van der Waals surface area contributed by atoms with Crippen molar-refractivity contribution < 1.29 is 14.6 Å². The molecule has 0 spiro atoms. The fraction of sp³-hybridized carbons (Fsp3) is 1.00. The summed E-state index contributed by atoms with van der Waals surface area (Å²) in [5, 5.41) is 9.67. The van der Waals surface area contributed by atoms with E-state index in [1.54, 1.807) is 0 Å². The van der Waals surface area contributed by atoms with Gasteiger partial charge in [-0.2, -0.15) is 0 Å². The Balaban J connectivity index is 2.26. The van der Waals surface area contributed by atoms with Gasteiger partial charge in [0.1, 0.15) is 0 Å². The summed E-state index contributed by atoms with van der Waals surface area (Å²) >= 11 is 0. The number of hydrogen-bond donors (Lipinski definition) is 1. The molecule has 1 saturated heterocycles. The molecule has 1 rings (SSSR count). The predicted molar refractivity (Wildman–Crippen MR) is 50.3 cm³/mol. The summed E-state index contributed by atoms with van der Waals surface area (Å²) < 4.78 is 10.6. The molecular formula is C10H20O3. The molecule has 3 unspecified atom stereocenters. The molecule has 0 aromatic rings. The van der Waals surface area contributed by atoms with E-state index >= 15 is 0 Å². The molecule has 1 N–H and O–H groups in total. The summed E-state index contributed by atoms with van der Waals surface area (Å²) in [7, 11) is 0. The normalized spacial score (nSPS) is 27.9. The summed E-state index contributed by atoms with van der Waals surface area (Å²) in [6.07, 6.45) is 0.352. The molecular weight excluding hydrogens is 168 g/mol. The van der Waals surface area contributed by atoms with E-state index < -0.39 is 6.29 Å². The molecule has 1 aliphatic heterocycles. The van der Waals surface area contributed by atoms with Crippen LogP contribution < -0.4 is 0 Å². The van der Waals surface area contributed by atoms with Crippen molar-refractivity contribution >= 4 is 0 Å². The third-order valence-electron chi connectivity index (χ3n) is 2.72. The van der Waals surface area contributed by atoms with Gasteiger partial charge in [0.25, 0.3) is 0 Å². The predicted octanol–water partition coefficient (Wildman–Crippen LogP) is 1.40. The minimum Gasteiger partial charge on any atom is -0.379 e. The number of hydrogen-bond acceptors (Lipinski definition) is 3. The summed E-state index contributed by atoms with van der Waals surface area (Å²) in [5.74, 6) is 0.623. The Morgan fingerprint density at radius 1 is 1.38 bits per heavy atom. The lowest BCUT2D eigenvalue weighted by Crippen LogP contribution is -2.30. The van der Waals surface area contributed by atoms with E-state index in [0.29, 0.717) is 12.5 Å². The lowest BCUT2D eigenvalue weighted by molar-refractivity contribution is -0.168. The van der Waals surface area contributed by atoms with Crippen molar-refractivity contribution in [2.24, 2.45) is 11.8 Å². The topological polar surface area (TPSA) is 38.7 Å². The quantitative estimate of drug-likeness (QED) is 0.678. The van der Waals surface area contributed by atoms with E-state index in [-0.39, 0.29) is 12.0 Å². The lowest BCUT2D eigenvalue weighted by atomic mass is 9.97. The Kier molecular flexibility index (Phi) is 4.16. The molecule has 13 heavy (non-hydrogen) atoms. The Hall–Kier alpha value is -0.120. The number of ether oxygens (including phenoxy) is 2. The zero-order chi connectivity index (χ0) is 9.84. The van der Waals surface area contributed by atoms with Crippen molar-refractivity contribution in [2.75, 3.05) is 13.2 Å². The van der Waals surface area contributed by atoms with Crippen LogP contribution in [0.5, 0.6) is 0 Å². The maximum Gasteiger partial charge on any atom is 0.157 e. The standard InChI is InChI=1S/C10H20O3/c1-7(2)8(3)10(11)13-9-4-5-12-6-9/h7-11H,4-6H2,1-3H3. The van der Waals surface area contributed by atoms with Gasteiger partial charge < -0.3 is 14.6 Å². The molecule has 0 radical (unpaired) electrons. The monoisotopic (exact) mass is 188 g/mol. The summed E-state index contributed by atoms with van der Waals surface area (Å²) in [4.78, 5) is 0. The van der Waals surface area contributed by atoms with Crippen molar-refractivity contribution in [2.45, 2.75) is 39.6 Å². The zero-order valence-corrected chi connectivity index (χ0v) is 8.69. The first-order valence-corrected chi connectivity index (χ1v) is 5.02. The van der Waals surface area contributed by atoms with Crippen LogP contribution in [0.4, 0.5) is 0 Å². The average molecular weight is 188 g/mol. The number of aliphatic hydroxyl groups is 1. The maximum absolute atomic E-state index is 9.67. The first-order valence-electron chi connectivity index (χ1n) is 5.02. The highest BCUT2D eigenvalue weighted by Gasteiger charge is 2.24. The summed E-state index contributed by atoms with van der Waals surface area (Å²) in [6, 6.07) is 0. The van der Waals surface area contributed by atoms with Crippen molar-refractivity contribution in [3.05, 3.63) is 0 Å². The molecule has 0 saturated carbocycles. The molecule has 78 valence electrons. The highest BCUT2D eigenvalue weighted by atomic mass is 16.6. The first-order chi connectivity index (χ1) is 6.11. The molecule has 1 heterocycles. The van der Waals surface area contributed by atoms with E-state index in [4.69, 9.17) is 9.47 Å². The lowest BCUT2D eigenvalue weighted by Gasteiger charge is -2.24. The van der Waals surface area contributed by atoms with Crippen LogP contribution in [0.3, 0.4) is 0 Å². The molecule has 3 heteroatoms. The number of rotatable bonds is 4. The molecule has 0 aromatic heterocycles. The van der Waals surface area contributed by atoms with Crippen molar-refractivity contribution in [1.29, 1.82) is 0 Å². The molecule has 3 atom stereocenters. The van der Waals surface area contributed by atoms with Gasteiger partial charge in [-0.3, -0.25) is 0 Å². The highest BCUT2D eigenvalue weighted by Crippen LogP contribution is 2.19. The van der Waals surface area contributed by atoms with E-state index in [2.05, 4.69) is 13.8 Å². The van der Waals surface area contributed by atoms with Crippen LogP contribution >= 0.6 is 0 Å². The third kappa shape index (κ3) is 3.25. The highest BCUT2D eigenvalue weighted by molar-refractivity contribution is 4.67. The molecule has 0 amide bonds. The molecule has 0 bridgehead atoms. The van der Waals surface area contributed by atoms with E-state index in [1.807, 2.05) is 6.92 Å². The first kappa shape index (κ1) is 11.0. The van der Waals surface area contributed by atoms with Gasteiger partial charge in [-0.05, 0) is 12.3 Å². The second kappa shape index (κ2) is 4.94. The van der Waals surface area contributed by atoms with Gasteiger partial charge in [-0.25, -0.2) is 0 Å². The van der Waals surface area contributed by atoms with Crippen LogP contribution in [0.1, 0.15) is 27.2 Å². The Morgan fingerprint density at radius 2 is 2.08 bits per heavy atom. The SMILES string of the molecule is CC(C)C(C)C(O)OC1CCOC1. The van der Waals surface area contributed by atoms with E-state index in [0.717, 1.165) is 13.0 Å². The van der Waals surface area contributed by atoms with Gasteiger partial charge in [-0.1, -0.05) is 20.8 Å². The van der Waals surface area contributed by atoms with Gasteiger partial charge in [0.15, 0.2) is 6.29 Å². The minimum atomic E-state index is -0.647. The Morgan fingerprint density at radius 3 is 2.54 bits per heavy atom. The van der Waals surface area contributed by atoms with E-state index in [1.165, 1.54) is 0 Å². The van der Waals surface area contributed by atoms with Crippen molar-refractivity contribution in [3.8, 4) is 0 Å². The molecule has 1 fully saturated rings. The van der Waals surface area contributed by atoms with Crippen LogP contribution in [-0.2, 0) is 9.47 Å². The largest absolute Gasteiger partial charge is 0.379 e. The second-order valence-electron chi connectivity index (χ2n) is 4.12. The molecule has 0 aliphatic carbocycles. The second-order valence-corrected chi connectivity index (χ2v) is 4.12. The van der Waals surface area contributed by atoms with Gasteiger partial charge in [-0.15, -0.1) is 0 Å². The van der Waals surface area contributed by atoms with Gasteiger partial charge >= 0.3 is 0 Å². The average Bonchev–Trinajstić information content (AvgIpc) is 2.55. The third-order valence-corrected chi connectivity index (χ3v) is 2.72. The van der Waals surface area contributed by atoms with Crippen LogP contribution in [0.25, 0.3) is 0 Å².